The van der Waals surface area contributed by atoms with Crippen LogP contribution in [0.1, 0.15) is 21.1 Å². The van der Waals surface area contributed by atoms with E-state index >= 15 is 0 Å². The van der Waals surface area contributed by atoms with Gasteiger partial charge in [0, 0.05) is 16.4 Å². The molecule has 0 amide bonds. The Hall–Kier alpha value is -1.17. The minimum Gasteiger partial charge on any atom is -0.293 e. The Morgan fingerprint density at radius 3 is 2.89 bits per heavy atom. The quantitative estimate of drug-likeness (QED) is 0.683. The number of hydrogen-bond acceptors (Lipinski definition) is 4. The number of hydrogen-bond donors (Lipinski definition) is 0. The van der Waals surface area contributed by atoms with E-state index in [9.17, 15) is 4.79 Å². The van der Waals surface area contributed by atoms with Crippen molar-refractivity contribution in [2.45, 2.75) is 13.3 Å². The SMILES string of the molecule is Cc1nn(C)c(CC(=O)c2cc3sccc3s2)c1Cl. The molecule has 3 nitrogen and oxygen atoms in total. The number of thiophene rings is 2. The second-order valence-electron chi connectivity index (χ2n) is 4.33. The normalized spacial score (nSPS) is 11.3. The van der Waals surface area contributed by atoms with Gasteiger partial charge in [0.05, 0.1) is 27.7 Å². The lowest BCUT2D eigenvalue weighted by atomic mass is 10.2. The molecule has 0 saturated carbocycles. The Morgan fingerprint density at radius 2 is 2.26 bits per heavy atom. The van der Waals surface area contributed by atoms with Crippen LogP contribution in [0.15, 0.2) is 17.5 Å². The first-order valence-electron chi connectivity index (χ1n) is 5.74. The first-order chi connectivity index (χ1) is 9.06. The first kappa shape index (κ1) is 12.8. The van der Waals surface area contributed by atoms with Gasteiger partial charge in [0.25, 0.3) is 0 Å². The van der Waals surface area contributed by atoms with E-state index in [4.69, 9.17) is 11.6 Å². The average molecular weight is 311 g/mol. The summed E-state index contributed by atoms with van der Waals surface area (Å²) in [4.78, 5) is 13.1. The zero-order valence-electron chi connectivity index (χ0n) is 10.4. The molecule has 0 aliphatic rings. The smallest absolute Gasteiger partial charge is 0.178 e. The summed E-state index contributed by atoms with van der Waals surface area (Å²) in [6.07, 6.45) is 0.296. The number of aryl methyl sites for hydroxylation is 2. The molecule has 0 aliphatic carbocycles. The number of carbonyl (C=O) groups is 1. The molecule has 0 bridgehead atoms. The summed E-state index contributed by atoms with van der Waals surface area (Å²) in [5, 5.41) is 6.86. The van der Waals surface area contributed by atoms with Crippen LogP contribution in [0.3, 0.4) is 0 Å². The monoisotopic (exact) mass is 310 g/mol. The average Bonchev–Trinajstić information content (AvgIpc) is 2.99. The third kappa shape index (κ3) is 2.22. The lowest BCUT2D eigenvalue weighted by Crippen LogP contribution is -2.06. The van der Waals surface area contributed by atoms with Gasteiger partial charge in [0.15, 0.2) is 5.78 Å². The summed E-state index contributed by atoms with van der Waals surface area (Å²) in [5.74, 6) is 0.0956. The highest BCUT2D eigenvalue weighted by Crippen LogP contribution is 2.31. The van der Waals surface area contributed by atoms with Crippen molar-refractivity contribution in [1.29, 1.82) is 0 Å². The van der Waals surface area contributed by atoms with Crippen molar-refractivity contribution in [2.75, 3.05) is 0 Å². The molecule has 98 valence electrons. The topological polar surface area (TPSA) is 34.9 Å². The van der Waals surface area contributed by atoms with E-state index < -0.39 is 0 Å². The molecule has 19 heavy (non-hydrogen) atoms. The van der Waals surface area contributed by atoms with Crippen molar-refractivity contribution < 1.29 is 4.79 Å². The van der Waals surface area contributed by atoms with Gasteiger partial charge in [-0.15, -0.1) is 22.7 Å². The van der Waals surface area contributed by atoms with Crippen LogP contribution in [-0.2, 0) is 13.5 Å². The van der Waals surface area contributed by atoms with Crippen molar-refractivity contribution >= 4 is 49.5 Å². The molecule has 0 spiro atoms. The molecule has 0 radical (unpaired) electrons. The van der Waals surface area contributed by atoms with Gasteiger partial charge in [-0.1, -0.05) is 11.6 Å². The molecule has 0 fully saturated rings. The van der Waals surface area contributed by atoms with Crippen LogP contribution in [-0.4, -0.2) is 15.6 Å². The van der Waals surface area contributed by atoms with Gasteiger partial charge in [-0.25, -0.2) is 0 Å². The largest absolute Gasteiger partial charge is 0.293 e. The van der Waals surface area contributed by atoms with Crippen LogP contribution < -0.4 is 0 Å². The minimum atomic E-state index is 0.0956. The zero-order valence-corrected chi connectivity index (χ0v) is 12.8. The number of aromatic nitrogens is 2. The Labute approximate surface area is 123 Å². The van der Waals surface area contributed by atoms with Crippen LogP contribution in [0.25, 0.3) is 9.40 Å². The zero-order chi connectivity index (χ0) is 13.6. The van der Waals surface area contributed by atoms with Crippen molar-refractivity contribution in [1.82, 2.24) is 9.78 Å². The van der Waals surface area contributed by atoms with Crippen molar-refractivity contribution in [2.24, 2.45) is 7.05 Å². The molecule has 3 heterocycles. The molecule has 3 rings (SSSR count). The molecule has 0 aromatic carbocycles. The maximum Gasteiger partial charge on any atom is 0.178 e. The number of carbonyl (C=O) groups excluding carboxylic acids is 1. The van der Waals surface area contributed by atoms with Crippen molar-refractivity contribution in [3.05, 3.63) is 38.8 Å². The van der Waals surface area contributed by atoms with Gasteiger partial charge in [0.1, 0.15) is 0 Å². The summed E-state index contributed by atoms with van der Waals surface area (Å²) in [6.45, 7) is 1.84. The molecule has 0 aliphatic heterocycles. The van der Waals surface area contributed by atoms with E-state index in [1.165, 1.54) is 20.7 Å². The number of fused-ring (bicyclic) bond motifs is 1. The lowest BCUT2D eigenvalue weighted by molar-refractivity contribution is 0.0994. The van der Waals surface area contributed by atoms with E-state index in [0.717, 1.165) is 16.3 Å². The summed E-state index contributed by atoms with van der Waals surface area (Å²) < 4.78 is 4.02. The fourth-order valence-corrected chi connectivity index (χ4v) is 4.29. The van der Waals surface area contributed by atoms with Gasteiger partial charge >= 0.3 is 0 Å². The van der Waals surface area contributed by atoms with Crippen molar-refractivity contribution in [3.8, 4) is 0 Å². The second-order valence-corrected chi connectivity index (χ2v) is 6.74. The Kier molecular flexibility index (Phi) is 3.20. The third-order valence-electron chi connectivity index (χ3n) is 3.00. The predicted molar refractivity (Wildman–Crippen MR) is 80.7 cm³/mol. The number of ketones is 1. The van der Waals surface area contributed by atoms with Crippen LogP contribution in [0, 0.1) is 6.92 Å². The number of Topliss-reactive ketones (excluding diaryl/α,β-unsaturated/α-hetero) is 1. The van der Waals surface area contributed by atoms with Crippen LogP contribution in [0.5, 0.6) is 0 Å². The highest BCUT2D eigenvalue weighted by Gasteiger charge is 2.17. The molecule has 3 aromatic rings. The van der Waals surface area contributed by atoms with E-state index in [0.29, 0.717) is 11.4 Å². The number of rotatable bonds is 3. The maximum absolute atomic E-state index is 12.3. The molecule has 0 saturated heterocycles. The molecule has 6 heteroatoms. The van der Waals surface area contributed by atoms with Crippen LogP contribution in [0.2, 0.25) is 5.02 Å². The molecule has 3 aromatic heterocycles. The highest BCUT2D eigenvalue weighted by atomic mass is 35.5. The summed E-state index contributed by atoms with van der Waals surface area (Å²) >= 11 is 9.37. The molecule has 0 unspecified atom stereocenters. The van der Waals surface area contributed by atoms with Gasteiger partial charge < -0.3 is 0 Å². The molecular formula is C13H11ClN2OS2. The fraction of sp³-hybridized carbons (Fsp3) is 0.231. The summed E-state index contributed by atoms with van der Waals surface area (Å²) in [6, 6.07) is 4.01. The van der Waals surface area contributed by atoms with E-state index in [1.807, 2.05) is 31.5 Å². The Bertz CT molecular complexity index is 740. The molecular weight excluding hydrogens is 300 g/mol. The predicted octanol–water partition coefficient (Wildman–Crippen LogP) is 4.08. The van der Waals surface area contributed by atoms with Gasteiger partial charge in [-0.05, 0) is 24.4 Å². The third-order valence-corrected chi connectivity index (χ3v) is 5.63. The number of halogens is 1. The van der Waals surface area contributed by atoms with Gasteiger partial charge in [-0.2, -0.15) is 5.10 Å². The standard InChI is InChI=1S/C13H11ClN2OS2/c1-7-13(14)8(16(2)15-7)5-9(17)11-6-12-10(19-11)3-4-18-12/h3-4,6H,5H2,1-2H3. The van der Waals surface area contributed by atoms with Gasteiger partial charge in [-0.3, -0.25) is 9.48 Å². The Balaban J connectivity index is 1.90. The maximum atomic E-state index is 12.3. The summed E-state index contributed by atoms with van der Waals surface area (Å²) in [7, 11) is 1.81. The number of nitrogens with zero attached hydrogens (tertiary/aromatic N) is 2. The fourth-order valence-electron chi connectivity index (χ4n) is 2.01. The molecule has 0 N–H and O–H groups in total. The van der Waals surface area contributed by atoms with Crippen molar-refractivity contribution in [3.63, 3.8) is 0 Å². The highest BCUT2D eigenvalue weighted by molar-refractivity contribution is 7.27. The second kappa shape index (κ2) is 4.74. The molecule has 0 atom stereocenters. The summed E-state index contributed by atoms with van der Waals surface area (Å²) in [5.41, 5.74) is 1.54. The van der Waals surface area contributed by atoms with E-state index in [-0.39, 0.29) is 5.78 Å². The minimum absolute atomic E-state index is 0.0956. The first-order valence-corrected chi connectivity index (χ1v) is 7.82. The van der Waals surface area contributed by atoms with Gasteiger partial charge in [0.2, 0.25) is 0 Å². The van der Waals surface area contributed by atoms with E-state index in [2.05, 4.69) is 5.10 Å². The van der Waals surface area contributed by atoms with Crippen LogP contribution >= 0.6 is 34.3 Å². The van der Waals surface area contributed by atoms with E-state index in [1.54, 1.807) is 16.0 Å². The van der Waals surface area contributed by atoms with Crippen LogP contribution in [0.4, 0.5) is 0 Å². The Morgan fingerprint density at radius 1 is 1.47 bits per heavy atom. The lowest BCUT2D eigenvalue weighted by Gasteiger charge is -2.00.